The van der Waals surface area contributed by atoms with E-state index in [9.17, 15) is 14.4 Å². The first-order valence-electron chi connectivity index (χ1n) is 5.99. The molecule has 3 rings (SSSR count). The summed E-state index contributed by atoms with van der Waals surface area (Å²) in [6, 6.07) is -0.280. The Labute approximate surface area is 108 Å². The van der Waals surface area contributed by atoms with E-state index in [0.29, 0.717) is 0 Å². The minimum Gasteiger partial charge on any atom is -0.477 e. The summed E-state index contributed by atoms with van der Waals surface area (Å²) in [6.45, 7) is 3.50. The number of amides is 1. The average Bonchev–Trinajstić information content (AvgIpc) is 2.78. The summed E-state index contributed by atoms with van der Waals surface area (Å²) >= 11 is 0. The van der Waals surface area contributed by atoms with Gasteiger partial charge in [0.05, 0.1) is 6.04 Å². The number of carbonyl (C=O) groups excluding carboxylic acids is 2. The third kappa shape index (κ3) is 1.41. The minimum atomic E-state index is -1.12. The van der Waals surface area contributed by atoms with Crippen molar-refractivity contribution in [2.24, 2.45) is 11.8 Å². The highest BCUT2D eigenvalue weighted by molar-refractivity contribution is 5.99. The Balaban J connectivity index is 1.88. The molecule has 3 aliphatic rings. The molecule has 0 radical (unpaired) electrons. The van der Waals surface area contributed by atoms with Crippen molar-refractivity contribution >= 4 is 18.0 Å². The molecule has 0 saturated carbocycles. The van der Waals surface area contributed by atoms with Gasteiger partial charge in [0.1, 0.15) is 18.2 Å². The van der Waals surface area contributed by atoms with E-state index in [1.807, 2.05) is 6.92 Å². The topological polar surface area (TPSA) is 93.1 Å². The normalized spacial score (nSPS) is 40.2. The van der Waals surface area contributed by atoms with Gasteiger partial charge in [-0.15, -0.1) is 0 Å². The largest absolute Gasteiger partial charge is 0.509 e. The number of fused-ring (bicyclic) bond motifs is 1. The fourth-order valence-corrected chi connectivity index (χ4v) is 3.16. The molecular formula is C12H13NO6. The van der Waals surface area contributed by atoms with Crippen LogP contribution in [0.2, 0.25) is 0 Å². The van der Waals surface area contributed by atoms with Crippen molar-refractivity contribution in [3.8, 4) is 0 Å². The molecule has 3 heterocycles. The van der Waals surface area contributed by atoms with Crippen molar-refractivity contribution in [1.29, 1.82) is 0 Å². The van der Waals surface area contributed by atoms with Crippen molar-refractivity contribution in [3.63, 3.8) is 0 Å². The molecule has 2 fully saturated rings. The maximum atomic E-state index is 12.2. The molecule has 0 bridgehead atoms. The monoisotopic (exact) mass is 267 g/mol. The maximum Gasteiger partial charge on any atom is 0.509 e. The summed E-state index contributed by atoms with van der Waals surface area (Å²) in [4.78, 5) is 35.6. The number of hydrogen-bond donors (Lipinski definition) is 1. The molecule has 0 aliphatic carbocycles. The van der Waals surface area contributed by atoms with Crippen LogP contribution in [0.1, 0.15) is 13.8 Å². The van der Waals surface area contributed by atoms with Crippen molar-refractivity contribution in [3.05, 3.63) is 11.8 Å². The summed E-state index contributed by atoms with van der Waals surface area (Å²) < 4.78 is 9.86. The van der Waals surface area contributed by atoms with Gasteiger partial charge in [0, 0.05) is 0 Å². The Morgan fingerprint density at radius 1 is 1.53 bits per heavy atom. The van der Waals surface area contributed by atoms with Gasteiger partial charge in [-0.2, -0.15) is 0 Å². The zero-order valence-corrected chi connectivity index (χ0v) is 10.5. The lowest BCUT2D eigenvalue weighted by Gasteiger charge is -2.49. The van der Waals surface area contributed by atoms with E-state index in [0.717, 1.165) is 0 Å². The molecule has 7 heteroatoms. The highest BCUT2D eigenvalue weighted by atomic mass is 16.8. The van der Waals surface area contributed by atoms with Crippen molar-refractivity contribution < 1.29 is 29.0 Å². The highest BCUT2D eigenvalue weighted by Gasteiger charge is 2.65. The zero-order valence-electron chi connectivity index (χ0n) is 10.5. The van der Waals surface area contributed by atoms with Crippen LogP contribution in [0.3, 0.4) is 0 Å². The summed E-state index contributed by atoms with van der Waals surface area (Å²) in [5, 5.41) is 9.06. The number of rotatable bonds is 2. The Morgan fingerprint density at radius 2 is 2.21 bits per heavy atom. The number of nitrogens with zero attached hydrogens (tertiary/aromatic N) is 1. The summed E-state index contributed by atoms with van der Waals surface area (Å²) in [7, 11) is 0. The average molecular weight is 267 g/mol. The third-order valence-corrected chi connectivity index (χ3v) is 4.03. The number of carbonyl (C=O) groups is 3. The molecule has 0 aromatic carbocycles. The maximum absolute atomic E-state index is 12.2. The van der Waals surface area contributed by atoms with Crippen LogP contribution in [0.4, 0.5) is 4.79 Å². The summed E-state index contributed by atoms with van der Waals surface area (Å²) in [6.07, 6.45) is 0.775. The van der Waals surface area contributed by atoms with E-state index >= 15 is 0 Å². The Bertz CT molecular complexity index is 526. The van der Waals surface area contributed by atoms with Gasteiger partial charge in [-0.25, -0.2) is 9.59 Å². The van der Waals surface area contributed by atoms with Gasteiger partial charge in [0.15, 0.2) is 5.60 Å². The molecule has 0 aromatic heterocycles. The van der Waals surface area contributed by atoms with Gasteiger partial charge >= 0.3 is 12.1 Å². The van der Waals surface area contributed by atoms with E-state index in [1.165, 1.54) is 4.90 Å². The zero-order chi connectivity index (χ0) is 13.9. The predicted octanol–water partition coefficient (Wildman–Crippen LogP) is 0.357. The second kappa shape index (κ2) is 3.49. The first-order chi connectivity index (χ1) is 8.85. The van der Waals surface area contributed by atoms with Gasteiger partial charge in [-0.05, 0) is 18.9 Å². The molecule has 0 aromatic rings. The van der Waals surface area contributed by atoms with Crippen LogP contribution in [-0.2, 0) is 19.1 Å². The molecule has 4 atom stereocenters. The number of cyclic esters (lactones) is 2. The van der Waals surface area contributed by atoms with E-state index in [1.54, 1.807) is 13.0 Å². The number of aliphatic carboxylic acids is 1. The lowest BCUT2D eigenvalue weighted by atomic mass is 9.72. The molecule has 7 nitrogen and oxygen atoms in total. The smallest absolute Gasteiger partial charge is 0.477 e. The standard InChI is InChI=1S/C12H13NO6/c1-5-3-6(10(15)16)13-8(5)7(9(13)14)12(2)4-18-11(17)19-12/h3,5,7-8H,4H2,1-2H3,(H,15,16)/t5-,7+,8+,12+/m1/s1. The second-order valence-electron chi connectivity index (χ2n) is 5.35. The number of carboxylic acid groups (broad SMARTS) is 1. The van der Waals surface area contributed by atoms with Crippen molar-refractivity contribution in [2.75, 3.05) is 6.61 Å². The fraction of sp³-hybridized carbons (Fsp3) is 0.583. The molecule has 2 saturated heterocycles. The molecule has 1 N–H and O–H groups in total. The van der Waals surface area contributed by atoms with Crippen LogP contribution in [-0.4, -0.2) is 46.3 Å². The molecule has 0 spiro atoms. The Kier molecular flexibility index (Phi) is 2.21. The van der Waals surface area contributed by atoms with E-state index < -0.39 is 23.6 Å². The van der Waals surface area contributed by atoms with Crippen LogP contribution in [0.25, 0.3) is 0 Å². The second-order valence-corrected chi connectivity index (χ2v) is 5.35. The molecule has 19 heavy (non-hydrogen) atoms. The van der Waals surface area contributed by atoms with Gasteiger partial charge in [-0.1, -0.05) is 6.92 Å². The Morgan fingerprint density at radius 3 is 2.74 bits per heavy atom. The fourth-order valence-electron chi connectivity index (χ4n) is 3.16. The first-order valence-corrected chi connectivity index (χ1v) is 5.99. The van der Waals surface area contributed by atoms with Crippen LogP contribution < -0.4 is 0 Å². The Hall–Kier alpha value is -2.05. The summed E-state index contributed by atoms with van der Waals surface area (Å²) in [5.74, 6) is -2.10. The van der Waals surface area contributed by atoms with Crippen LogP contribution in [0.5, 0.6) is 0 Å². The minimum absolute atomic E-state index is 0.00703. The first kappa shape index (κ1) is 12.0. The molecule has 102 valence electrons. The number of carboxylic acids is 1. The lowest BCUT2D eigenvalue weighted by molar-refractivity contribution is -0.170. The van der Waals surface area contributed by atoms with E-state index in [-0.39, 0.29) is 30.2 Å². The lowest BCUT2D eigenvalue weighted by Crippen LogP contribution is -2.68. The van der Waals surface area contributed by atoms with Gasteiger partial charge in [-0.3, -0.25) is 4.79 Å². The summed E-state index contributed by atoms with van der Waals surface area (Å²) in [5.41, 5.74) is -1.00. The number of ether oxygens (including phenoxy) is 2. The van der Waals surface area contributed by atoms with Gasteiger partial charge < -0.3 is 19.5 Å². The van der Waals surface area contributed by atoms with Gasteiger partial charge in [0.25, 0.3) is 0 Å². The van der Waals surface area contributed by atoms with Crippen LogP contribution >= 0.6 is 0 Å². The third-order valence-electron chi connectivity index (χ3n) is 4.03. The van der Waals surface area contributed by atoms with Gasteiger partial charge in [0.2, 0.25) is 5.91 Å². The van der Waals surface area contributed by atoms with Crippen LogP contribution in [0.15, 0.2) is 11.8 Å². The van der Waals surface area contributed by atoms with Crippen molar-refractivity contribution in [1.82, 2.24) is 4.90 Å². The van der Waals surface area contributed by atoms with Crippen molar-refractivity contribution in [2.45, 2.75) is 25.5 Å². The molecule has 0 unspecified atom stereocenters. The molecular weight excluding hydrogens is 254 g/mol. The predicted molar refractivity (Wildman–Crippen MR) is 59.8 cm³/mol. The number of hydrogen-bond acceptors (Lipinski definition) is 5. The van der Waals surface area contributed by atoms with Crippen LogP contribution in [0, 0.1) is 11.8 Å². The van der Waals surface area contributed by atoms with E-state index in [4.69, 9.17) is 14.6 Å². The van der Waals surface area contributed by atoms with E-state index in [2.05, 4.69) is 0 Å². The highest BCUT2D eigenvalue weighted by Crippen LogP contribution is 2.48. The quantitative estimate of drug-likeness (QED) is 0.573. The SMILES string of the molecule is C[C@@H]1C=C(C(=O)O)N2C(=O)[C@@H]([C@]3(C)COC(=O)O3)[C@H]12. The molecule has 1 amide bonds. The number of β-lactam (4-membered cyclic amide) rings is 1. The molecule has 3 aliphatic heterocycles.